The molecule has 0 unspecified atom stereocenters. The Hall–Kier alpha value is -3.15. The summed E-state index contributed by atoms with van der Waals surface area (Å²) in [6, 6.07) is 12.1. The van der Waals surface area contributed by atoms with Crippen molar-refractivity contribution in [2.24, 2.45) is 0 Å². The predicted octanol–water partition coefficient (Wildman–Crippen LogP) is 3.02. The zero-order valence-electron chi connectivity index (χ0n) is 15.5. The highest BCUT2D eigenvalue weighted by atomic mass is 16.5. The summed E-state index contributed by atoms with van der Waals surface area (Å²) in [7, 11) is 1.59. The van der Waals surface area contributed by atoms with Crippen molar-refractivity contribution in [3.05, 3.63) is 64.7 Å². The molecule has 0 atom stereocenters. The largest absolute Gasteiger partial charge is 0.497 e. The predicted molar refractivity (Wildman–Crippen MR) is 101 cm³/mol. The lowest BCUT2D eigenvalue weighted by molar-refractivity contribution is 0.0652. The third-order valence-corrected chi connectivity index (χ3v) is 4.56. The molecule has 0 spiro atoms. The molecule has 6 nitrogen and oxygen atoms in total. The molecular weight excluding hydrogens is 344 g/mol. The lowest BCUT2D eigenvalue weighted by Gasteiger charge is -2.12. The van der Waals surface area contributed by atoms with E-state index in [9.17, 15) is 14.4 Å². The first-order valence-electron chi connectivity index (χ1n) is 8.96. The molecule has 140 valence electrons. The first-order chi connectivity index (χ1) is 13.0. The molecule has 0 fully saturated rings. The van der Waals surface area contributed by atoms with Crippen molar-refractivity contribution in [2.45, 2.75) is 26.3 Å². The number of imide groups is 1. The number of rotatable bonds is 7. The van der Waals surface area contributed by atoms with Crippen molar-refractivity contribution in [1.29, 1.82) is 0 Å². The number of carbonyl (C=O) groups excluding carboxylic acids is 3. The highest BCUT2D eigenvalue weighted by Gasteiger charge is 2.35. The van der Waals surface area contributed by atoms with Crippen molar-refractivity contribution < 1.29 is 19.1 Å². The fourth-order valence-electron chi connectivity index (χ4n) is 3.02. The minimum absolute atomic E-state index is 0.285. The Morgan fingerprint density at radius 1 is 1.07 bits per heavy atom. The van der Waals surface area contributed by atoms with Gasteiger partial charge >= 0.3 is 0 Å². The van der Waals surface area contributed by atoms with E-state index in [1.165, 1.54) is 11.0 Å². The fraction of sp³-hybridized carbons (Fsp3) is 0.286. The van der Waals surface area contributed by atoms with Gasteiger partial charge in [0.15, 0.2) is 0 Å². The molecule has 0 bridgehead atoms. The number of ether oxygens (including phenoxy) is 1. The van der Waals surface area contributed by atoms with E-state index in [-0.39, 0.29) is 17.7 Å². The third-order valence-electron chi connectivity index (χ3n) is 4.56. The van der Waals surface area contributed by atoms with Crippen LogP contribution in [0.15, 0.2) is 42.5 Å². The smallest absolute Gasteiger partial charge is 0.261 e. The molecule has 6 heteroatoms. The molecule has 1 heterocycles. The number of hydrogen-bond acceptors (Lipinski definition) is 4. The second-order valence-electron chi connectivity index (χ2n) is 6.41. The first-order valence-corrected chi connectivity index (χ1v) is 8.96. The van der Waals surface area contributed by atoms with Crippen LogP contribution in [0.4, 0.5) is 0 Å². The monoisotopic (exact) mass is 366 g/mol. The molecule has 1 aliphatic heterocycles. The van der Waals surface area contributed by atoms with Gasteiger partial charge in [-0.15, -0.1) is 0 Å². The van der Waals surface area contributed by atoms with E-state index < -0.39 is 0 Å². The minimum Gasteiger partial charge on any atom is -0.497 e. The fourth-order valence-corrected chi connectivity index (χ4v) is 3.02. The zero-order valence-corrected chi connectivity index (χ0v) is 15.5. The SMILES string of the molecule is CCCCN1C(=O)c2ccc(C(=O)NCc3cccc(OC)c3)cc2C1=O. The Bertz CT molecular complexity index is 892. The van der Waals surface area contributed by atoms with Gasteiger partial charge in [0.25, 0.3) is 17.7 Å². The van der Waals surface area contributed by atoms with Gasteiger partial charge in [0, 0.05) is 18.7 Å². The lowest BCUT2D eigenvalue weighted by Crippen LogP contribution is -2.30. The van der Waals surface area contributed by atoms with Crippen LogP contribution in [-0.4, -0.2) is 36.3 Å². The Morgan fingerprint density at radius 3 is 2.59 bits per heavy atom. The van der Waals surface area contributed by atoms with Gasteiger partial charge in [0.2, 0.25) is 0 Å². The second kappa shape index (κ2) is 8.03. The van der Waals surface area contributed by atoms with E-state index in [1.807, 2.05) is 31.2 Å². The quantitative estimate of drug-likeness (QED) is 0.764. The van der Waals surface area contributed by atoms with Crippen LogP contribution in [0.3, 0.4) is 0 Å². The third kappa shape index (κ3) is 3.84. The molecular formula is C21H22N2O4. The summed E-state index contributed by atoms with van der Waals surface area (Å²) in [6.07, 6.45) is 1.66. The Balaban J connectivity index is 1.72. The number of fused-ring (bicyclic) bond motifs is 1. The van der Waals surface area contributed by atoms with Gasteiger partial charge in [0.05, 0.1) is 18.2 Å². The molecule has 2 aromatic carbocycles. The van der Waals surface area contributed by atoms with Crippen molar-refractivity contribution >= 4 is 17.7 Å². The van der Waals surface area contributed by atoms with E-state index in [0.717, 1.165) is 24.2 Å². The van der Waals surface area contributed by atoms with Crippen LogP contribution >= 0.6 is 0 Å². The van der Waals surface area contributed by atoms with E-state index in [4.69, 9.17) is 4.74 Å². The van der Waals surface area contributed by atoms with Gasteiger partial charge in [-0.25, -0.2) is 0 Å². The maximum absolute atomic E-state index is 12.5. The average molecular weight is 366 g/mol. The van der Waals surface area contributed by atoms with Crippen LogP contribution in [-0.2, 0) is 6.54 Å². The number of amides is 3. The van der Waals surface area contributed by atoms with E-state index in [2.05, 4.69) is 5.32 Å². The molecule has 1 aliphatic rings. The molecule has 1 N–H and O–H groups in total. The molecule has 0 aliphatic carbocycles. The van der Waals surface area contributed by atoms with Crippen LogP contribution in [0.1, 0.15) is 56.4 Å². The van der Waals surface area contributed by atoms with Crippen molar-refractivity contribution in [3.63, 3.8) is 0 Å². The van der Waals surface area contributed by atoms with Crippen molar-refractivity contribution in [3.8, 4) is 5.75 Å². The van der Waals surface area contributed by atoms with E-state index in [1.54, 1.807) is 19.2 Å². The van der Waals surface area contributed by atoms with Gasteiger partial charge in [-0.05, 0) is 42.3 Å². The minimum atomic E-state index is -0.328. The normalized spacial score (nSPS) is 12.9. The van der Waals surface area contributed by atoms with Crippen molar-refractivity contribution in [1.82, 2.24) is 10.2 Å². The lowest BCUT2D eigenvalue weighted by atomic mass is 10.1. The van der Waals surface area contributed by atoms with Gasteiger partial charge in [-0.1, -0.05) is 25.5 Å². The molecule has 3 amide bonds. The molecule has 2 aromatic rings. The summed E-state index contributed by atoms with van der Waals surface area (Å²) in [5.41, 5.74) is 1.92. The number of unbranched alkanes of at least 4 members (excludes halogenated alkanes) is 1. The van der Waals surface area contributed by atoms with Gasteiger partial charge < -0.3 is 10.1 Å². The number of nitrogens with zero attached hydrogens (tertiary/aromatic N) is 1. The van der Waals surface area contributed by atoms with Crippen LogP contribution in [0.5, 0.6) is 5.75 Å². The second-order valence-corrected chi connectivity index (χ2v) is 6.41. The first kappa shape index (κ1) is 18.6. The summed E-state index contributed by atoms with van der Waals surface area (Å²) < 4.78 is 5.17. The van der Waals surface area contributed by atoms with Gasteiger partial charge in [-0.2, -0.15) is 0 Å². The summed E-state index contributed by atoms with van der Waals surface area (Å²) >= 11 is 0. The summed E-state index contributed by atoms with van der Waals surface area (Å²) in [4.78, 5) is 38.6. The van der Waals surface area contributed by atoms with E-state index >= 15 is 0 Å². The maximum atomic E-state index is 12.5. The number of benzene rings is 2. The zero-order chi connectivity index (χ0) is 19.4. The number of methoxy groups -OCH3 is 1. The molecule has 3 rings (SSSR count). The van der Waals surface area contributed by atoms with E-state index in [0.29, 0.717) is 29.8 Å². The molecule has 0 aromatic heterocycles. The topological polar surface area (TPSA) is 75.7 Å². The van der Waals surface area contributed by atoms with Crippen LogP contribution in [0.2, 0.25) is 0 Å². The molecule has 0 saturated carbocycles. The summed E-state index contributed by atoms with van der Waals surface area (Å²) in [6.45, 7) is 2.74. The molecule has 27 heavy (non-hydrogen) atoms. The van der Waals surface area contributed by atoms with Crippen LogP contribution in [0.25, 0.3) is 0 Å². The Kier molecular flexibility index (Phi) is 5.54. The summed E-state index contributed by atoms with van der Waals surface area (Å²) in [5.74, 6) is -0.193. The molecule has 0 radical (unpaired) electrons. The maximum Gasteiger partial charge on any atom is 0.261 e. The number of carbonyl (C=O) groups is 3. The van der Waals surface area contributed by atoms with Gasteiger partial charge in [0.1, 0.15) is 5.75 Å². The number of hydrogen-bond donors (Lipinski definition) is 1. The van der Waals surface area contributed by atoms with Crippen LogP contribution in [0, 0.1) is 0 Å². The number of nitrogens with one attached hydrogen (secondary N) is 1. The Labute approximate surface area is 158 Å². The van der Waals surface area contributed by atoms with Crippen LogP contribution < -0.4 is 10.1 Å². The Morgan fingerprint density at radius 2 is 1.85 bits per heavy atom. The highest BCUT2D eigenvalue weighted by molar-refractivity contribution is 6.22. The summed E-state index contributed by atoms with van der Waals surface area (Å²) in [5, 5.41) is 2.82. The molecule has 0 saturated heterocycles. The standard InChI is InChI=1S/C21H22N2O4/c1-3-4-10-23-20(25)17-9-8-15(12-18(17)21(23)26)19(24)22-13-14-6-5-7-16(11-14)27-2/h5-9,11-12H,3-4,10,13H2,1-2H3,(H,22,24). The van der Waals surface area contributed by atoms with Gasteiger partial charge in [-0.3, -0.25) is 19.3 Å². The highest BCUT2D eigenvalue weighted by Crippen LogP contribution is 2.24. The van der Waals surface area contributed by atoms with Crippen molar-refractivity contribution in [2.75, 3.05) is 13.7 Å². The average Bonchev–Trinajstić information content (AvgIpc) is 2.94.